The van der Waals surface area contributed by atoms with Crippen molar-refractivity contribution in [3.8, 4) is 6.07 Å². The van der Waals surface area contributed by atoms with Crippen LogP contribution in [0.5, 0.6) is 0 Å². The van der Waals surface area contributed by atoms with Gasteiger partial charge in [0, 0.05) is 25.5 Å². The quantitative estimate of drug-likeness (QED) is 0.645. The van der Waals surface area contributed by atoms with Crippen molar-refractivity contribution in [2.75, 3.05) is 25.2 Å². The SMILES string of the molecule is Cc1cc(C(F)(F)F)c(C#N)c(SCC(=O)Nc2ccc(C)c(S(=O)(=O)N(C)C)c2)n1. The highest BCUT2D eigenvalue weighted by atomic mass is 32.2. The Morgan fingerprint density at radius 3 is 2.45 bits per heavy atom. The summed E-state index contributed by atoms with van der Waals surface area (Å²) in [6.45, 7) is 2.97. The number of benzene rings is 1. The average Bonchev–Trinajstić information content (AvgIpc) is 2.66. The number of carbonyl (C=O) groups is 1. The van der Waals surface area contributed by atoms with Crippen molar-refractivity contribution in [2.24, 2.45) is 0 Å². The van der Waals surface area contributed by atoms with E-state index in [-0.39, 0.29) is 27.1 Å². The number of hydrogen-bond donors (Lipinski definition) is 1. The van der Waals surface area contributed by atoms with Gasteiger partial charge in [-0.05, 0) is 37.6 Å². The van der Waals surface area contributed by atoms with E-state index in [0.717, 1.165) is 10.4 Å². The molecule has 7 nitrogen and oxygen atoms in total. The van der Waals surface area contributed by atoms with Gasteiger partial charge in [0.25, 0.3) is 0 Å². The van der Waals surface area contributed by atoms with Crippen molar-refractivity contribution in [3.63, 3.8) is 0 Å². The van der Waals surface area contributed by atoms with Gasteiger partial charge in [0.15, 0.2) is 0 Å². The molecule has 0 unspecified atom stereocenters. The van der Waals surface area contributed by atoms with E-state index in [1.54, 1.807) is 6.92 Å². The van der Waals surface area contributed by atoms with Crippen molar-refractivity contribution < 1.29 is 26.4 Å². The molecule has 1 heterocycles. The number of carbonyl (C=O) groups excluding carboxylic acids is 1. The molecule has 12 heteroatoms. The summed E-state index contributed by atoms with van der Waals surface area (Å²) in [7, 11) is -0.965. The first-order chi connectivity index (χ1) is 14.3. The highest BCUT2D eigenvalue weighted by Crippen LogP contribution is 2.35. The van der Waals surface area contributed by atoms with Gasteiger partial charge in [-0.2, -0.15) is 18.4 Å². The highest BCUT2D eigenvalue weighted by Gasteiger charge is 2.35. The summed E-state index contributed by atoms with van der Waals surface area (Å²) in [6, 6.07) is 6.64. The first-order valence-corrected chi connectivity index (χ1v) is 11.1. The third kappa shape index (κ3) is 5.75. The molecular weight excluding hydrogens is 453 g/mol. The number of aromatic nitrogens is 1. The van der Waals surface area contributed by atoms with E-state index >= 15 is 0 Å². The van der Waals surface area contributed by atoms with Gasteiger partial charge < -0.3 is 5.32 Å². The highest BCUT2D eigenvalue weighted by molar-refractivity contribution is 8.00. The molecule has 31 heavy (non-hydrogen) atoms. The number of halogens is 3. The molecule has 0 saturated heterocycles. The van der Waals surface area contributed by atoms with Crippen molar-refractivity contribution in [3.05, 3.63) is 46.6 Å². The number of nitrogens with zero attached hydrogens (tertiary/aromatic N) is 3. The summed E-state index contributed by atoms with van der Waals surface area (Å²) >= 11 is 0.689. The number of anilines is 1. The number of nitriles is 1. The molecule has 1 aromatic carbocycles. The fourth-order valence-corrected chi connectivity index (χ4v) is 4.56. The predicted octanol–water partition coefficient (Wildman–Crippen LogP) is 3.57. The Balaban J connectivity index is 2.23. The number of amides is 1. The summed E-state index contributed by atoms with van der Waals surface area (Å²) in [5.41, 5.74) is -0.993. The van der Waals surface area contributed by atoms with Gasteiger partial charge in [-0.25, -0.2) is 17.7 Å². The topological polar surface area (TPSA) is 103 Å². The first-order valence-electron chi connectivity index (χ1n) is 8.72. The van der Waals surface area contributed by atoms with Gasteiger partial charge in [0.1, 0.15) is 11.1 Å². The molecule has 0 bridgehead atoms. The van der Waals surface area contributed by atoms with E-state index in [1.807, 2.05) is 0 Å². The summed E-state index contributed by atoms with van der Waals surface area (Å²) in [5.74, 6) is -0.922. The summed E-state index contributed by atoms with van der Waals surface area (Å²) < 4.78 is 65.4. The second kappa shape index (κ2) is 9.25. The lowest BCUT2D eigenvalue weighted by Crippen LogP contribution is -2.23. The largest absolute Gasteiger partial charge is 0.417 e. The molecule has 2 rings (SSSR count). The Morgan fingerprint density at radius 1 is 1.26 bits per heavy atom. The maximum absolute atomic E-state index is 13.2. The Morgan fingerprint density at radius 2 is 1.90 bits per heavy atom. The molecular formula is C19H19F3N4O3S2. The molecule has 0 aliphatic heterocycles. The van der Waals surface area contributed by atoms with Gasteiger partial charge in [0.2, 0.25) is 15.9 Å². The Hall–Kier alpha value is -2.62. The zero-order valence-corrected chi connectivity index (χ0v) is 18.7. The zero-order chi connectivity index (χ0) is 23.6. The molecule has 0 spiro atoms. The van der Waals surface area contributed by atoms with Gasteiger partial charge in [-0.3, -0.25) is 4.79 Å². The van der Waals surface area contributed by atoms with Gasteiger partial charge in [-0.15, -0.1) is 0 Å². The summed E-state index contributed by atoms with van der Waals surface area (Å²) in [4.78, 5) is 16.3. The Bertz CT molecular complexity index is 1160. The van der Waals surface area contributed by atoms with Crippen LogP contribution in [0.15, 0.2) is 34.2 Å². The molecule has 0 radical (unpaired) electrons. The number of sulfonamides is 1. The van der Waals surface area contributed by atoms with Crippen LogP contribution in [-0.4, -0.2) is 43.5 Å². The number of nitrogens with one attached hydrogen (secondary N) is 1. The predicted molar refractivity (Wildman–Crippen MR) is 110 cm³/mol. The lowest BCUT2D eigenvalue weighted by atomic mass is 10.1. The van der Waals surface area contributed by atoms with Crippen LogP contribution in [0.4, 0.5) is 18.9 Å². The maximum Gasteiger partial charge on any atom is 0.417 e. The zero-order valence-electron chi connectivity index (χ0n) is 17.0. The fourth-order valence-electron chi connectivity index (χ4n) is 2.56. The fraction of sp³-hybridized carbons (Fsp3) is 0.316. The smallest absolute Gasteiger partial charge is 0.325 e. The maximum atomic E-state index is 13.2. The standard InChI is InChI=1S/C19H19F3N4O3S2/c1-11-5-6-13(8-16(11)31(28,29)26(3)4)25-17(27)10-30-18-14(9-23)15(19(20,21)22)7-12(2)24-18/h5-8H,10H2,1-4H3,(H,25,27). The molecule has 1 amide bonds. The van der Waals surface area contributed by atoms with Crippen LogP contribution in [0.1, 0.15) is 22.4 Å². The average molecular weight is 473 g/mol. The number of rotatable bonds is 6. The monoisotopic (exact) mass is 472 g/mol. The van der Waals surface area contributed by atoms with E-state index in [9.17, 15) is 26.4 Å². The molecule has 0 saturated carbocycles. The number of alkyl halides is 3. The minimum Gasteiger partial charge on any atom is -0.325 e. The van der Waals surface area contributed by atoms with E-state index in [1.165, 1.54) is 45.3 Å². The number of aryl methyl sites for hydroxylation is 2. The summed E-state index contributed by atoms with van der Waals surface area (Å²) in [5, 5.41) is 11.5. The lowest BCUT2D eigenvalue weighted by molar-refractivity contribution is -0.138. The molecule has 166 valence electrons. The normalized spacial score (nSPS) is 12.0. The Labute approximate surface area is 182 Å². The third-order valence-corrected chi connectivity index (χ3v) is 7.03. The van der Waals surface area contributed by atoms with Crippen LogP contribution in [0.3, 0.4) is 0 Å². The van der Waals surface area contributed by atoms with Gasteiger partial charge >= 0.3 is 6.18 Å². The number of pyridine rings is 1. The summed E-state index contributed by atoms with van der Waals surface area (Å²) in [6.07, 6.45) is -4.73. The lowest BCUT2D eigenvalue weighted by Gasteiger charge is -2.15. The van der Waals surface area contributed by atoms with E-state index in [4.69, 9.17) is 5.26 Å². The van der Waals surface area contributed by atoms with Gasteiger partial charge in [-0.1, -0.05) is 17.8 Å². The molecule has 0 aliphatic carbocycles. The van der Waals surface area contributed by atoms with Crippen LogP contribution >= 0.6 is 11.8 Å². The second-order valence-corrected chi connectivity index (χ2v) is 9.79. The van der Waals surface area contributed by atoms with E-state index < -0.39 is 33.2 Å². The van der Waals surface area contributed by atoms with Crippen molar-refractivity contribution in [2.45, 2.75) is 29.9 Å². The number of thioether (sulfide) groups is 1. The molecule has 1 aromatic heterocycles. The molecule has 2 aromatic rings. The van der Waals surface area contributed by atoms with Crippen molar-refractivity contribution >= 4 is 33.4 Å². The molecule has 0 aliphatic rings. The van der Waals surface area contributed by atoms with Crippen molar-refractivity contribution in [1.82, 2.24) is 9.29 Å². The Kier molecular flexibility index (Phi) is 7.36. The number of hydrogen-bond acceptors (Lipinski definition) is 6. The minimum absolute atomic E-state index is 0.0184. The van der Waals surface area contributed by atoms with E-state index in [0.29, 0.717) is 17.3 Å². The van der Waals surface area contributed by atoms with Gasteiger partial charge in [0.05, 0.1) is 21.8 Å². The second-order valence-electron chi connectivity index (χ2n) is 6.71. The molecule has 0 atom stereocenters. The molecule has 1 N–H and O–H groups in total. The third-order valence-electron chi connectivity index (χ3n) is 4.10. The van der Waals surface area contributed by atoms with E-state index in [2.05, 4.69) is 10.3 Å². The molecule has 0 fully saturated rings. The first kappa shape index (κ1) is 24.6. The van der Waals surface area contributed by atoms with Crippen molar-refractivity contribution in [1.29, 1.82) is 5.26 Å². The van der Waals surface area contributed by atoms with Crippen LogP contribution in [0.2, 0.25) is 0 Å². The van der Waals surface area contributed by atoms with Crippen LogP contribution in [-0.2, 0) is 21.0 Å². The minimum atomic E-state index is -4.73. The van der Waals surface area contributed by atoms with Crippen LogP contribution in [0.25, 0.3) is 0 Å². The van der Waals surface area contributed by atoms with Crippen LogP contribution in [0, 0.1) is 25.2 Å². The van der Waals surface area contributed by atoms with Crippen LogP contribution < -0.4 is 5.32 Å².